The molecule has 1 saturated heterocycles. The smallest absolute Gasteiger partial charge is 0.154 e. The highest BCUT2D eigenvalue weighted by Crippen LogP contribution is 2.29. The van der Waals surface area contributed by atoms with Crippen LogP contribution < -0.4 is 5.32 Å². The van der Waals surface area contributed by atoms with Crippen LogP contribution in [0, 0.1) is 0 Å². The van der Waals surface area contributed by atoms with Crippen molar-refractivity contribution in [3.8, 4) is 0 Å². The Labute approximate surface area is 128 Å². The number of hydrogen-bond acceptors (Lipinski definition) is 4. The number of pyridine rings is 1. The lowest BCUT2D eigenvalue weighted by Gasteiger charge is -2.34. The van der Waals surface area contributed by atoms with Gasteiger partial charge in [0.15, 0.2) is 9.84 Å². The highest BCUT2D eigenvalue weighted by molar-refractivity contribution is 7.92. The van der Waals surface area contributed by atoms with Crippen molar-refractivity contribution in [1.82, 2.24) is 10.3 Å². The lowest BCUT2D eigenvalue weighted by Crippen LogP contribution is -2.49. The average Bonchev–Trinajstić information content (AvgIpc) is 2.49. The van der Waals surface area contributed by atoms with Gasteiger partial charge in [-0.2, -0.15) is 0 Å². The van der Waals surface area contributed by atoms with E-state index in [2.05, 4.69) is 24.1 Å². The summed E-state index contributed by atoms with van der Waals surface area (Å²) in [4.78, 5) is 4.42. The molecule has 0 radical (unpaired) electrons. The van der Waals surface area contributed by atoms with Crippen molar-refractivity contribution in [3.05, 3.63) is 30.1 Å². The Morgan fingerprint density at radius 2 is 2.19 bits per heavy atom. The van der Waals surface area contributed by atoms with Crippen LogP contribution >= 0.6 is 0 Å². The molecule has 1 aromatic heterocycles. The number of sulfone groups is 1. The number of rotatable bonds is 6. The topological polar surface area (TPSA) is 59.1 Å². The van der Waals surface area contributed by atoms with Crippen molar-refractivity contribution < 1.29 is 8.42 Å². The van der Waals surface area contributed by atoms with E-state index in [1.807, 2.05) is 18.2 Å². The summed E-state index contributed by atoms with van der Waals surface area (Å²) in [5.74, 6) is 0.423. The van der Waals surface area contributed by atoms with Crippen LogP contribution in [0.25, 0.3) is 0 Å². The molecule has 0 spiro atoms. The van der Waals surface area contributed by atoms with Gasteiger partial charge in [-0.3, -0.25) is 4.98 Å². The van der Waals surface area contributed by atoms with Crippen molar-refractivity contribution in [2.75, 3.05) is 12.3 Å². The normalized spacial score (nSPS) is 24.4. The quantitative estimate of drug-likeness (QED) is 0.877. The fraction of sp³-hybridized carbons (Fsp3) is 0.688. The summed E-state index contributed by atoms with van der Waals surface area (Å²) in [7, 11) is -3.00. The van der Waals surface area contributed by atoms with Crippen molar-refractivity contribution in [2.45, 2.75) is 56.7 Å². The molecular weight excluding hydrogens is 284 g/mol. The monoisotopic (exact) mass is 310 g/mol. The molecule has 2 rings (SSSR count). The summed E-state index contributed by atoms with van der Waals surface area (Å²) < 4.78 is 24.9. The Morgan fingerprint density at radius 3 is 2.81 bits per heavy atom. The third-order valence-electron chi connectivity index (χ3n) is 4.35. The summed E-state index contributed by atoms with van der Waals surface area (Å²) >= 11 is 0. The predicted molar refractivity (Wildman–Crippen MR) is 86.2 cm³/mol. The van der Waals surface area contributed by atoms with Gasteiger partial charge in [-0.25, -0.2) is 8.42 Å². The summed E-state index contributed by atoms with van der Waals surface area (Å²) in [5, 5.41) is 3.19. The van der Waals surface area contributed by atoms with Gasteiger partial charge in [-0.1, -0.05) is 26.3 Å². The van der Waals surface area contributed by atoms with Gasteiger partial charge in [0, 0.05) is 23.9 Å². The first kappa shape index (κ1) is 16.4. The van der Waals surface area contributed by atoms with Crippen molar-refractivity contribution in [1.29, 1.82) is 0 Å². The standard InChI is InChI=1S/C16H26N2O2S/c1-3-10-18-16(13(2)14-8-4-6-11-17-14)15-9-5-7-12-21(15,19)20/h4,6,8,11,13,15-16,18H,3,5,7,9-10,12H2,1-2H3. The number of aromatic nitrogens is 1. The lowest BCUT2D eigenvalue weighted by atomic mass is 9.92. The maximum atomic E-state index is 12.5. The van der Waals surface area contributed by atoms with Crippen LogP contribution in [0.4, 0.5) is 0 Å². The molecule has 21 heavy (non-hydrogen) atoms. The Hall–Kier alpha value is -0.940. The van der Waals surface area contributed by atoms with Crippen LogP contribution in [0.1, 0.15) is 51.1 Å². The zero-order valence-corrected chi connectivity index (χ0v) is 13.8. The summed E-state index contributed by atoms with van der Waals surface area (Å²) in [6.45, 7) is 5.03. The van der Waals surface area contributed by atoms with Crippen LogP contribution in [-0.4, -0.2) is 37.0 Å². The third kappa shape index (κ3) is 4.04. The minimum absolute atomic E-state index is 0.0508. The molecule has 0 amide bonds. The van der Waals surface area contributed by atoms with Gasteiger partial charge in [0.25, 0.3) is 0 Å². The van der Waals surface area contributed by atoms with Gasteiger partial charge in [0.2, 0.25) is 0 Å². The largest absolute Gasteiger partial charge is 0.312 e. The number of hydrogen-bond donors (Lipinski definition) is 1. The van der Waals surface area contributed by atoms with Crippen LogP contribution in [0.5, 0.6) is 0 Å². The van der Waals surface area contributed by atoms with Crippen LogP contribution in [0.3, 0.4) is 0 Å². The highest BCUT2D eigenvalue weighted by atomic mass is 32.2. The summed E-state index contributed by atoms with van der Waals surface area (Å²) in [5.41, 5.74) is 0.965. The fourth-order valence-electron chi connectivity index (χ4n) is 3.15. The molecule has 1 N–H and O–H groups in total. The van der Waals surface area contributed by atoms with E-state index in [0.717, 1.165) is 37.9 Å². The SMILES string of the molecule is CCCNC(C(C)c1ccccn1)C1CCCCS1(=O)=O. The molecule has 0 saturated carbocycles. The van der Waals surface area contributed by atoms with E-state index in [9.17, 15) is 8.42 Å². The van der Waals surface area contributed by atoms with E-state index in [4.69, 9.17) is 0 Å². The Kier molecular flexibility index (Phi) is 5.76. The van der Waals surface area contributed by atoms with Gasteiger partial charge >= 0.3 is 0 Å². The molecule has 2 heterocycles. The third-order valence-corrected chi connectivity index (χ3v) is 6.66. The molecule has 0 aromatic carbocycles. The number of nitrogens with one attached hydrogen (secondary N) is 1. The molecule has 1 aromatic rings. The number of nitrogens with zero attached hydrogens (tertiary/aromatic N) is 1. The molecule has 5 heteroatoms. The second-order valence-electron chi connectivity index (χ2n) is 5.92. The molecule has 3 unspecified atom stereocenters. The van der Waals surface area contributed by atoms with Gasteiger partial charge < -0.3 is 5.32 Å². The van der Waals surface area contributed by atoms with E-state index in [-0.39, 0.29) is 17.2 Å². The van der Waals surface area contributed by atoms with Gasteiger partial charge in [0.1, 0.15) is 0 Å². The second-order valence-corrected chi connectivity index (χ2v) is 8.26. The molecular formula is C16H26N2O2S. The maximum Gasteiger partial charge on any atom is 0.154 e. The van der Waals surface area contributed by atoms with E-state index in [1.54, 1.807) is 6.20 Å². The van der Waals surface area contributed by atoms with Gasteiger partial charge in [-0.05, 0) is 37.9 Å². The first-order chi connectivity index (χ1) is 10.1. The minimum atomic E-state index is -3.00. The van der Waals surface area contributed by atoms with Crippen molar-refractivity contribution in [3.63, 3.8) is 0 Å². The zero-order valence-electron chi connectivity index (χ0n) is 13.0. The minimum Gasteiger partial charge on any atom is -0.312 e. The molecule has 1 aliphatic rings. The Bertz CT molecular complexity index is 530. The molecule has 0 bridgehead atoms. The summed E-state index contributed by atoms with van der Waals surface area (Å²) in [6, 6.07) is 5.79. The Balaban J connectivity index is 2.25. The van der Waals surface area contributed by atoms with Crippen LogP contribution in [0.15, 0.2) is 24.4 Å². The van der Waals surface area contributed by atoms with E-state index >= 15 is 0 Å². The van der Waals surface area contributed by atoms with Crippen molar-refractivity contribution >= 4 is 9.84 Å². The lowest BCUT2D eigenvalue weighted by molar-refractivity contribution is 0.391. The van der Waals surface area contributed by atoms with E-state index < -0.39 is 9.84 Å². The first-order valence-corrected chi connectivity index (χ1v) is 9.63. The highest BCUT2D eigenvalue weighted by Gasteiger charge is 2.38. The fourth-order valence-corrected chi connectivity index (χ4v) is 5.37. The Morgan fingerprint density at radius 1 is 1.38 bits per heavy atom. The maximum absolute atomic E-state index is 12.5. The molecule has 1 fully saturated rings. The molecule has 4 nitrogen and oxygen atoms in total. The average molecular weight is 310 g/mol. The molecule has 1 aliphatic heterocycles. The first-order valence-electron chi connectivity index (χ1n) is 7.92. The zero-order chi connectivity index (χ0) is 15.3. The predicted octanol–water partition coefficient (Wildman–Crippen LogP) is 2.52. The van der Waals surface area contributed by atoms with E-state index in [0.29, 0.717) is 5.75 Å². The summed E-state index contributed by atoms with van der Waals surface area (Å²) in [6.07, 6.45) is 5.34. The van der Waals surface area contributed by atoms with Gasteiger partial charge in [0.05, 0.1) is 11.0 Å². The van der Waals surface area contributed by atoms with Crippen LogP contribution in [-0.2, 0) is 9.84 Å². The molecule has 0 aliphatic carbocycles. The van der Waals surface area contributed by atoms with E-state index in [1.165, 1.54) is 0 Å². The second kappa shape index (κ2) is 7.36. The van der Waals surface area contributed by atoms with Gasteiger partial charge in [-0.15, -0.1) is 0 Å². The molecule has 3 atom stereocenters. The van der Waals surface area contributed by atoms with Crippen LogP contribution in [0.2, 0.25) is 0 Å². The van der Waals surface area contributed by atoms with Crippen molar-refractivity contribution in [2.24, 2.45) is 0 Å². The molecule has 118 valence electrons.